The molecule has 1 N–H and O–H groups in total. The van der Waals surface area contributed by atoms with Crippen molar-refractivity contribution in [2.75, 3.05) is 11.4 Å². The summed E-state index contributed by atoms with van der Waals surface area (Å²) in [5.41, 5.74) is 1.64. The van der Waals surface area contributed by atoms with Gasteiger partial charge in [-0.05, 0) is 35.9 Å². The highest BCUT2D eigenvalue weighted by Crippen LogP contribution is 2.20. The lowest BCUT2D eigenvalue weighted by Crippen LogP contribution is -2.25. The third kappa shape index (κ3) is 4.76. The predicted octanol–water partition coefficient (Wildman–Crippen LogP) is 3.96. The van der Waals surface area contributed by atoms with E-state index >= 15 is 0 Å². The van der Waals surface area contributed by atoms with Crippen LogP contribution in [0.25, 0.3) is 0 Å². The van der Waals surface area contributed by atoms with Gasteiger partial charge in [0.15, 0.2) is 0 Å². The van der Waals surface area contributed by atoms with Crippen molar-refractivity contribution < 1.29 is 14.3 Å². The van der Waals surface area contributed by atoms with Crippen LogP contribution in [0.5, 0.6) is 0 Å². The van der Waals surface area contributed by atoms with Gasteiger partial charge in [-0.2, -0.15) is 0 Å². The first kappa shape index (κ1) is 15.3. The quantitative estimate of drug-likeness (QED) is 0.878. The Balaban J connectivity index is 2.19. The van der Waals surface area contributed by atoms with Gasteiger partial charge in [-0.3, -0.25) is 4.79 Å². The molecule has 0 aliphatic heterocycles. The lowest BCUT2D eigenvalue weighted by atomic mass is 10.2. The molecule has 0 fully saturated rings. The summed E-state index contributed by atoms with van der Waals surface area (Å²) >= 11 is 5.85. The van der Waals surface area contributed by atoms with E-state index in [9.17, 15) is 9.18 Å². The standard InChI is InChI=1S/C16H15ClFNO2/c17-13-6-4-12(5-7-13)11-19(9-8-16(20)21)15-3-1-2-14(18)10-15/h1-7,10H,8-9,11H2,(H,20,21). The van der Waals surface area contributed by atoms with Crippen LogP contribution in [0.3, 0.4) is 0 Å². The maximum absolute atomic E-state index is 13.4. The van der Waals surface area contributed by atoms with Gasteiger partial charge in [0.05, 0.1) is 6.42 Å². The Kier molecular flexibility index (Phi) is 5.17. The third-order valence-corrected chi connectivity index (χ3v) is 3.31. The monoisotopic (exact) mass is 307 g/mol. The number of benzene rings is 2. The van der Waals surface area contributed by atoms with Crippen molar-refractivity contribution in [1.29, 1.82) is 0 Å². The molecule has 2 rings (SSSR count). The van der Waals surface area contributed by atoms with E-state index in [2.05, 4.69) is 0 Å². The number of hydrogen-bond donors (Lipinski definition) is 1. The van der Waals surface area contributed by atoms with Crippen LogP contribution < -0.4 is 4.90 Å². The van der Waals surface area contributed by atoms with Crippen molar-refractivity contribution in [3.63, 3.8) is 0 Å². The van der Waals surface area contributed by atoms with Crippen LogP contribution in [0, 0.1) is 5.82 Å². The highest BCUT2D eigenvalue weighted by atomic mass is 35.5. The number of carbonyl (C=O) groups is 1. The molecule has 0 unspecified atom stereocenters. The van der Waals surface area contributed by atoms with Crippen LogP contribution in [-0.4, -0.2) is 17.6 Å². The molecule has 0 bridgehead atoms. The first-order chi connectivity index (χ1) is 10.0. The Morgan fingerprint density at radius 1 is 1.19 bits per heavy atom. The Labute approximate surface area is 127 Å². The summed E-state index contributed by atoms with van der Waals surface area (Å²) in [6.45, 7) is 0.801. The molecule has 110 valence electrons. The van der Waals surface area contributed by atoms with Crippen molar-refractivity contribution in [3.05, 3.63) is 64.9 Å². The van der Waals surface area contributed by atoms with E-state index in [1.54, 1.807) is 24.3 Å². The maximum atomic E-state index is 13.4. The van der Waals surface area contributed by atoms with E-state index in [1.807, 2.05) is 17.0 Å². The zero-order valence-corrected chi connectivity index (χ0v) is 12.1. The van der Waals surface area contributed by atoms with E-state index in [1.165, 1.54) is 12.1 Å². The Morgan fingerprint density at radius 2 is 1.90 bits per heavy atom. The Bertz CT molecular complexity index is 616. The van der Waals surface area contributed by atoms with Crippen LogP contribution in [0.2, 0.25) is 5.02 Å². The lowest BCUT2D eigenvalue weighted by Gasteiger charge is -2.24. The summed E-state index contributed by atoms with van der Waals surface area (Å²) in [6, 6.07) is 13.4. The molecular formula is C16H15ClFNO2. The highest BCUT2D eigenvalue weighted by molar-refractivity contribution is 6.30. The topological polar surface area (TPSA) is 40.5 Å². The molecule has 0 radical (unpaired) electrons. The SMILES string of the molecule is O=C(O)CCN(Cc1ccc(Cl)cc1)c1cccc(F)c1. The molecule has 0 aromatic heterocycles. The number of nitrogens with zero attached hydrogens (tertiary/aromatic N) is 1. The molecule has 21 heavy (non-hydrogen) atoms. The second-order valence-electron chi connectivity index (χ2n) is 4.67. The first-order valence-electron chi connectivity index (χ1n) is 6.51. The van der Waals surface area contributed by atoms with E-state index in [0.717, 1.165) is 5.56 Å². The number of halogens is 2. The van der Waals surface area contributed by atoms with E-state index in [-0.39, 0.29) is 12.2 Å². The average molecular weight is 308 g/mol. The number of aliphatic carboxylic acids is 1. The van der Waals surface area contributed by atoms with Crippen molar-refractivity contribution >= 4 is 23.3 Å². The van der Waals surface area contributed by atoms with Gasteiger partial charge in [-0.15, -0.1) is 0 Å². The zero-order chi connectivity index (χ0) is 15.2. The fraction of sp³-hybridized carbons (Fsp3) is 0.188. The molecule has 0 amide bonds. The minimum absolute atomic E-state index is 0.00982. The van der Waals surface area contributed by atoms with Crippen LogP contribution in [0.4, 0.5) is 10.1 Å². The van der Waals surface area contributed by atoms with Crippen LogP contribution in [0.1, 0.15) is 12.0 Å². The summed E-state index contributed by atoms with van der Waals surface area (Å²) < 4.78 is 13.4. The van der Waals surface area contributed by atoms with Gasteiger partial charge in [0.2, 0.25) is 0 Å². The van der Waals surface area contributed by atoms with Crippen molar-refractivity contribution in [2.24, 2.45) is 0 Å². The second kappa shape index (κ2) is 7.09. The number of hydrogen-bond acceptors (Lipinski definition) is 2. The van der Waals surface area contributed by atoms with Crippen molar-refractivity contribution in [3.8, 4) is 0 Å². The number of anilines is 1. The molecule has 0 saturated carbocycles. The van der Waals surface area contributed by atoms with Crippen LogP contribution >= 0.6 is 11.6 Å². The van der Waals surface area contributed by atoms with E-state index < -0.39 is 5.97 Å². The van der Waals surface area contributed by atoms with Crippen LogP contribution in [0.15, 0.2) is 48.5 Å². The minimum atomic E-state index is -0.882. The molecule has 5 heteroatoms. The molecule has 2 aromatic rings. The van der Waals surface area contributed by atoms with Gasteiger partial charge in [-0.1, -0.05) is 29.8 Å². The molecule has 3 nitrogen and oxygen atoms in total. The first-order valence-corrected chi connectivity index (χ1v) is 6.89. The highest BCUT2D eigenvalue weighted by Gasteiger charge is 2.10. The average Bonchev–Trinajstić information content (AvgIpc) is 2.45. The fourth-order valence-electron chi connectivity index (χ4n) is 2.01. The Morgan fingerprint density at radius 3 is 2.52 bits per heavy atom. The predicted molar refractivity (Wildman–Crippen MR) is 81.2 cm³/mol. The van der Waals surface area contributed by atoms with Crippen molar-refractivity contribution in [1.82, 2.24) is 0 Å². The summed E-state index contributed by atoms with van der Waals surface area (Å²) in [5.74, 6) is -1.23. The van der Waals surface area contributed by atoms with Crippen molar-refractivity contribution in [2.45, 2.75) is 13.0 Å². The van der Waals surface area contributed by atoms with Gasteiger partial charge in [0.25, 0.3) is 0 Å². The van der Waals surface area contributed by atoms with Gasteiger partial charge >= 0.3 is 5.97 Å². The minimum Gasteiger partial charge on any atom is -0.481 e. The summed E-state index contributed by atoms with van der Waals surface area (Å²) in [7, 11) is 0. The summed E-state index contributed by atoms with van der Waals surface area (Å²) in [6.07, 6.45) is -0.00982. The van der Waals surface area contributed by atoms with Gasteiger partial charge in [0.1, 0.15) is 5.82 Å². The molecule has 0 spiro atoms. The molecular weight excluding hydrogens is 293 g/mol. The number of carboxylic acid groups (broad SMARTS) is 1. The normalized spacial score (nSPS) is 10.4. The second-order valence-corrected chi connectivity index (χ2v) is 5.11. The summed E-state index contributed by atoms with van der Waals surface area (Å²) in [4.78, 5) is 12.6. The Hall–Kier alpha value is -2.07. The molecule has 2 aromatic carbocycles. The molecule has 0 aliphatic rings. The largest absolute Gasteiger partial charge is 0.481 e. The summed E-state index contributed by atoms with van der Waals surface area (Å²) in [5, 5.41) is 9.49. The fourth-order valence-corrected chi connectivity index (χ4v) is 2.14. The lowest BCUT2D eigenvalue weighted by molar-refractivity contribution is -0.136. The third-order valence-electron chi connectivity index (χ3n) is 3.06. The molecule has 0 atom stereocenters. The van der Waals surface area contributed by atoms with Gasteiger partial charge < -0.3 is 10.0 Å². The molecule has 0 aliphatic carbocycles. The molecule has 0 heterocycles. The van der Waals surface area contributed by atoms with Gasteiger partial charge in [-0.25, -0.2) is 4.39 Å². The number of rotatable bonds is 6. The zero-order valence-electron chi connectivity index (χ0n) is 11.3. The molecule has 0 saturated heterocycles. The van der Waals surface area contributed by atoms with Gasteiger partial charge in [0, 0.05) is 23.8 Å². The number of carboxylic acids is 1. The van der Waals surface area contributed by atoms with E-state index in [0.29, 0.717) is 23.8 Å². The van der Waals surface area contributed by atoms with E-state index in [4.69, 9.17) is 16.7 Å². The van der Waals surface area contributed by atoms with Crippen LogP contribution in [-0.2, 0) is 11.3 Å². The maximum Gasteiger partial charge on any atom is 0.305 e. The smallest absolute Gasteiger partial charge is 0.305 e.